The van der Waals surface area contributed by atoms with Crippen LogP contribution in [0.2, 0.25) is 0 Å². The number of rotatable bonds is 8. The van der Waals surface area contributed by atoms with Gasteiger partial charge in [-0.3, -0.25) is 14.4 Å². The van der Waals surface area contributed by atoms with E-state index < -0.39 is 11.4 Å². The van der Waals surface area contributed by atoms with Gasteiger partial charge in [-0.05, 0) is 33.1 Å². The van der Waals surface area contributed by atoms with Crippen molar-refractivity contribution in [2.24, 2.45) is 5.41 Å². The lowest BCUT2D eigenvalue weighted by Crippen LogP contribution is -2.39. The van der Waals surface area contributed by atoms with Gasteiger partial charge in [-0.15, -0.1) is 0 Å². The summed E-state index contributed by atoms with van der Waals surface area (Å²) in [6.07, 6.45) is 5.23. The van der Waals surface area contributed by atoms with Crippen LogP contribution in [0, 0.1) is 5.41 Å². The first kappa shape index (κ1) is 20.8. The highest BCUT2D eigenvalue weighted by Gasteiger charge is 2.43. The number of esters is 1. The zero-order valence-corrected chi connectivity index (χ0v) is 15.1. The van der Waals surface area contributed by atoms with Gasteiger partial charge in [0.25, 0.3) is 0 Å². The normalized spacial score (nSPS) is 22.0. The number of ketones is 2. The number of allylic oxidation sites excluding steroid dienone is 3. The van der Waals surface area contributed by atoms with Crippen molar-refractivity contribution in [3.63, 3.8) is 0 Å². The molecule has 1 N–H and O–H groups in total. The van der Waals surface area contributed by atoms with E-state index in [1.165, 1.54) is 7.11 Å². The number of aliphatic carboxylic acids is 1. The zero-order chi connectivity index (χ0) is 19.0. The van der Waals surface area contributed by atoms with Crippen LogP contribution >= 0.6 is 0 Å². The Morgan fingerprint density at radius 1 is 1.20 bits per heavy atom. The van der Waals surface area contributed by atoms with Gasteiger partial charge in [0.1, 0.15) is 11.6 Å². The number of Topliss-reactive ketones (excluding diaryl/α,β-unsaturated/α-hetero) is 2. The third-order valence-electron chi connectivity index (χ3n) is 4.59. The molecule has 0 aromatic carbocycles. The molecule has 0 aliphatic heterocycles. The van der Waals surface area contributed by atoms with Gasteiger partial charge in [0.2, 0.25) is 0 Å². The van der Waals surface area contributed by atoms with Gasteiger partial charge in [0.15, 0.2) is 0 Å². The number of hydrogen-bond acceptors (Lipinski definition) is 5. The number of carboxylic acid groups (broad SMARTS) is 1. The summed E-state index contributed by atoms with van der Waals surface area (Å²) in [6.45, 7) is 3.57. The SMILES string of the molecule is COC(=O)C(C)=CCCC(C)=CCC1(CC(=O)O)CC(=O)CCC1=O. The second-order valence-electron chi connectivity index (χ2n) is 6.66. The van der Waals surface area contributed by atoms with Crippen molar-refractivity contribution in [1.29, 1.82) is 0 Å². The number of carbonyl (C=O) groups is 4. The molecule has 1 aliphatic carbocycles. The fourth-order valence-corrected chi connectivity index (χ4v) is 3.02. The van der Waals surface area contributed by atoms with Gasteiger partial charge >= 0.3 is 11.9 Å². The number of carbonyl (C=O) groups excluding carboxylic acids is 3. The summed E-state index contributed by atoms with van der Waals surface area (Å²) in [5.41, 5.74) is 0.412. The molecule has 6 nitrogen and oxygen atoms in total. The average molecular weight is 350 g/mol. The van der Waals surface area contributed by atoms with Crippen LogP contribution in [0.4, 0.5) is 0 Å². The van der Waals surface area contributed by atoms with Crippen molar-refractivity contribution in [3.8, 4) is 0 Å². The van der Waals surface area contributed by atoms with Crippen molar-refractivity contribution in [1.82, 2.24) is 0 Å². The van der Waals surface area contributed by atoms with Crippen molar-refractivity contribution in [3.05, 3.63) is 23.3 Å². The Balaban J connectivity index is 2.76. The molecule has 1 saturated carbocycles. The number of methoxy groups -OCH3 is 1. The Morgan fingerprint density at radius 3 is 2.48 bits per heavy atom. The van der Waals surface area contributed by atoms with E-state index >= 15 is 0 Å². The lowest BCUT2D eigenvalue weighted by Gasteiger charge is -2.33. The standard InChI is InChI=1S/C19H26O6/c1-13(5-4-6-14(2)18(24)25-3)9-10-19(12-17(22)23)11-15(20)7-8-16(19)21/h6,9H,4-5,7-8,10-12H2,1-3H3,(H,22,23). The van der Waals surface area contributed by atoms with E-state index in [4.69, 9.17) is 5.11 Å². The molecule has 1 unspecified atom stereocenters. The summed E-state index contributed by atoms with van der Waals surface area (Å²) < 4.78 is 4.62. The summed E-state index contributed by atoms with van der Waals surface area (Å²) in [6, 6.07) is 0. The van der Waals surface area contributed by atoms with Crippen molar-refractivity contribution in [2.45, 2.75) is 58.8 Å². The molecule has 1 fully saturated rings. The molecule has 0 amide bonds. The lowest BCUT2D eigenvalue weighted by atomic mass is 9.68. The van der Waals surface area contributed by atoms with Gasteiger partial charge in [0, 0.05) is 30.3 Å². The predicted molar refractivity (Wildman–Crippen MR) is 91.9 cm³/mol. The highest BCUT2D eigenvalue weighted by Crippen LogP contribution is 2.39. The number of hydrogen-bond donors (Lipinski definition) is 1. The minimum Gasteiger partial charge on any atom is -0.481 e. The summed E-state index contributed by atoms with van der Waals surface area (Å²) in [7, 11) is 1.33. The molecule has 0 radical (unpaired) electrons. The minimum atomic E-state index is -1.11. The second kappa shape index (κ2) is 9.30. The molecule has 0 saturated heterocycles. The van der Waals surface area contributed by atoms with Gasteiger partial charge < -0.3 is 9.84 Å². The van der Waals surface area contributed by atoms with Gasteiger partial charge in [-0.1, -0.05) is 17.7 Å². The number of ether oxygens (including phenoxy) is 1. The van der Waals surface area contributed by atoms with Crippen LogP contribution in [-0.2, 0) is 23.9 Å². The molecule has 1 aliphatic rings. The fourth-order valence-electron chi connectivity index (χ4n) is 3.02. The molecule has 1 rings (SSSR count). The van der Waals surface area contributed by atoms with Crippen molar-refractivity contribution in [2.75, 3.05) is 7.11 Å². The van der Waals surface area contributed by atoms with Crippen molar-refractivity contribution < 1.29 is 29.0 Å². The zero-order valence-electron chi connectivity index (χ0n) is 15.1. The van der Waals surface area contributed by atoms with E-state index in [2.05, 4.69) is 4.74 Å². The maximum Gasteiger partial charge on any atom is 0.333 e. The molecular formula is C19H26O6. The van der Waals surface area contributed by atoms with Gasteiger partial charge in [0.05, 0.1) is 13.5 Å². The molecular weight excluding hydrogens is 324 g/mol. The minimum absolute atomic E-state index is 0.00324. The van der Waals surface area contributed by atoms with E-state index in [9.17, 15) is 19.2 Å². The Hall–Kier alpha value is -2.24. The molecule has 6 heteroatoms. The van der Waals surface area contributed by atoms with E-state index in [-0.39, 0.29) is 49.6 Å². The monoisotopic (exact) mass is 350 g/mol. The largest absolute Gasteiger partial charge is 0.481 e. The maximum atomic E-state index is 12.3. The first-order valence-electron chi connectivity index (χ1n) is 8.37. The van der Waals surface area contributed by atoms with Crippen LogP contribution in [0.5, 0.6) is 0 Å². The Bertz CT molecular complexity index is 609. The summed E-state index contributed by atoms with van der Waals surface area (Å²) in [4.78, 5) is 46.6. The number of carboxylic acids is 1. The molecule has 138 valence electrons. The van der Waals surface area contributed by atoms with Crippen LogP contribution in [0.1, 0.15) is 58.8 Å². The second-order valence-corrected chi connectivity index (χ2v) is 6.66. The smallest absolute Gasteiger partial charge is 0.333 e. The van der Waals surface area contributed by atoms with Crippen LogP contribution in [-0.4, -0.2) is 35.7 Å². The first-order chi connectivity index (χ1) is 11.7. The molecule has 0 heterocycles. The fraction of sp³-hybridized carbons (Fsp3) is 0.579. The Labute approximate surface area is 147 Å². The Kier molecular flexibility index (Phi) is 7.74. The van der Waals surface area contributed by atoms with Crippen molar-refractivity contribution >= 4 is 23.5 Å². The highest BCUT2D eigenvalue weighted by molar-refractivity contribution is 5.99. The van der Waals surface area contributed by atoms with Crippen LogP contribution in [0.15, 0.2) is 23.3 Å². The summed E-state index contributed by atoms with van der Waals surface area (Å²) >= 11 is 0. The third-order valence-corrected chi connectivity index (χ3v) is 4.59. The average Bonchev–Trinajstić information content (AvgIpc) is 2.55. The lowest BCUT2D eigenvalue weighted by molar-refractivity contribution is -0.148. The first-order valence-corrected chi connectivity index (χ1v) is 8.37. The van der Waals surface area contributed by atoms with Gasteiger partial charge in [-0.25, -0.2) is 4.79 Å². The van der Waals surface area contributed by atoms with E-state index in [1.54, 1.807) is 13.0 Å². The summed E-state index contributed by atoms with van der Waals surface area (Å²) in [5.74, 6) is -1.62. The van der Waals surface area contributed by atoms with E-state index in [1.807, 2.05) is 13.0 Å². The van der Waals surface area contributed by atoms with Crippen LogP contribution < -0.4 is 0 Å². The molecule has 25 heavy (non-hydrogen) atoms. The highest BCUT2D eigenvalue weighted by atomic mass is 16.5. The topological polar surface area (TPSA) is 97.7 Å². The third kappa shape index (κ3) is 6.29. The molecule has 0 bridgehead atoms. The van der Waals surface area contributed by atoms with Crippen LogP contribution in [0.25, 0.3) is 0 Å². The van der Waals surface area contributed by atoms with E-state index in [0.717, 1.165) is 5.57 Å². The maximum absolute atomic E-state index is 12.3. The molecule has 1 atom stereocenters. The van der Waals surface area contributed by atoms with E-state index in [0.29, 0.717) is 18.4 Å². The molecule has 0 spiro atoms. The predicted octanol–water partition coefficient (Wildman–Crippen LogP) is 3.01. The van der Waals surface area contributed by atoms with Crippen LogP contribution in [0.3, 0.4) is 0 Å². The summed E-state index contributed by atoms with van der Waals surface area (Å²) in [5, 5.41) is 9.14. The van der Waals surface area contributed by atoms with Gasteiger partial charge in [-0.2, -0.15) is 0 Å². The Morgan fingerprint density at radius 2 is 1.88 bits per heavy atom. The molecule has 0 aromatic rings. The quantitative estimate of drug-likeness (QED) is 0.410. The molecule has 0 aromatic heterocycles.